The van der Waals surface area contributed by atoms with E-state index in [9.17, 15) is 39.0 Å². The number of hydrogen-bond donors (Lipinski definition) is 7. The van der Waals surface area contributed by atoms with Crippen LogP contribution < -0.4 is 20.5 Å². The molecule has 15 nitrogen and oxygen atoms in total. The van der Waals surface area contributed by atoms with Crippen LogP contribution in [0.15, 0.2) is 84.9 Å². The second-order valence-corrected chi connectivity index (χ2v) is 12.5. The van der Waals surface area contributed by atoms with E-state index in [4.69, 9.17) is 30.5 Å². The Morgan fingerprint density at radius 1 is 0.636 bits per heavy atom. The molecule has 0 radical (unpaired) electrons. The van der Waals surface area contributed by atoms with Crippen LogP contribution in [0.25, 0.3) is 0 Å². The summed E-state index contributed by atoms with van der Waals surface area (Å²) in [6.45, 7) is 7.29. The van der Waals surface area contributed by atoms with Crippen LogP contribution in [0.2, 0.25) is 0 Å². The number of benzene rings is 4. The van der Waals surface area contributed by atoms with E-state index in [-0.39, 0.29) is 64.7 Å². The number of aliphatic carboxylic acids is 2. The van der Waals surface area contributed by atoms with E-state index < -0.39 is 35.9 Å². The van der Waals surface area contributed by atoms with E-state index in [1.807, 2.05) is 0 Å². The third kappa shape index (κ3) is 14.0. The zero-order valence-electron chi connectivity index (χ0n) is 30.5. The predicted octanol–water partition coefficient (Wildman–Crippen LogP) is 5.16. The average Bonchev–Trinajstić information content (AvgIpc) is 3.15. The molecule has 2 atom stereocenters. The van der Waals surface area contributed by atoms with Gasteiger partial charge in [-0.05, 0) is 71.5 Å². The Morgan fingerprint density at radius 3 is 1.36 bits per heavy atom. The fourth-order valence-corrected chi connectivity index (χ4v) is 4.39. The highest BCUT2D eigenvalue weighted by molar-refractivity contribution is 5.96. The number of ether oxygens (including phenoxy) is 2. The van der Waals surface area contributed by atoms with Crippen molar-refractivity contribution in [1.29, 1.82) is 0 Å². The first-order valence-corrected chi connectivity index (χ1v) is 16.7. The van der Waals surface area contributed by atoms with Crippen molar-refractivity contribution in [3.05, 3.63) is 118 Å². The Hall–Kier alpha value is -6.74. The number of carbonyl (C=O) groups is 6. The van der Waals surface area contributed by atoms with Crippen molar-refractivity contribution in [2.45, 2.75) is 53.0 Å². The lowest BCUT2D eigenvalue weighted by atomic mass is 10.0. The van der Waals surface area contributed by atoms with Crippen molar-refractivity contribution in [1.82, 2.24) is 5.32 Å². The monoisotopic (exact) mass is 760 g/mol. The summed E-state index contributed by atoms with van der Waals surface area (Å²) in [5, 5.41) is 47.8. The molecule has 0 bridgehead atoms. The third-order valence-electron chi connectivity index (χ3n) is 7.75. The molecule has 4 rings (SSSR count). The summed E-state index contributed by atoms with van der Waals surface area (Å²) in [7, 11) is 0. The number of carboxylic acid groups (broad SMARTS) is 3. The molecule has 0 heterocycles. The Bertz CT molecular complexity index is 1920. The summed E-state index contributed by atoms with van der Waals surface area (Å²) in [6, 6.07) is 20.1. The molecule has 0 saturated carbocycles. The minimum atomic E-state index is -1.08. The number of rotatable bonds is 15. The van der Waals surface area contributed by atoms with Crippen molar-refractivity contribution in [3.8, 4) is 23.0 Å². The first kappa shape index (κ1) is 44.4. The average molecular weight is 761 g/mol. The topological polar surface area (TPSA) is 260 Å². The second kappa shape index (κ2) is 21.7. The van der Waals surface area contributed by atoms with Gasteiger partial charge in [0.2, 0.25) is 0 Å². The van der Waals surface area contributed by atoms with E-state index in [1.54, 1.807) is 88.4 Å². The minimum absolute atomic E-state index is 0.0208. The maximum absolute atomic E-state index is 12.2. The van der Waals surface area contributed by atoms with Crippen LogP contribution >= 0.6 is 0 Å². The Balaban J connectivity index is 0.000000326. The van der Waals surface area contributed by atoms with E-state index >= 15 is 0 Å². The fourth-order valence-electron chi connectivity index (χ4n) is 4.39. The van der Waals surface area contributed by atoms with Crippen molar-refractivity contribution in [2.75, 3.05) is 0 Å². The van der Waals surface area contributed by atoms with Crippen LogP contribution in [-0.4, -0.2) is 74.0 Å². The highest BCUT2D eigenvalue weighted by Crippen LogP contribution is 2.27. The molecule has 15 heteroatoms. The molecule has 292 valence electrons. The van der Waals surface area contributed by atoms with Crippen LogP contribution in [-0.2, 0) is 22.8 Å². The molecule has 0 fully saturated rings. The summed E-state index contributed by atoms with van der Waals surface area (Å²) in [6.07, 6.45) is 1.05. The van der Waals surface area contributed by atoms with Gasteiger partial charge >= 0.3 is 17.9 Å². The van der Waals surface area contributed by atoms with Crippen LogP contribution in [0.1, 0.15) is 80.3 Å². The molecule has 0 unspecified atom stereocenters. The summed E-state index contributed by atoms with van der Waals surface area (Å²) in [5.74, 6) is -3.46. The molecule has 8 N–H and O–H groups in total. The zero-order valence-corrected chi connectivity index (χ0v) is 30.5. The number of nitrogens with two attached hydrogens (primary N) is 1. The predicted molar refractivity (Wildman–Crippen MR) is 200 cm³/mol. The van der Waals surface area contributed by atoms with Gasteiger partial charge in [0.25, 0.3) is 5.91 Å². The van der Waals surface area contributed by atoms with E-state index in [0.717, 1.165) is 11.1 Å². The molecule has 4 aromatic carbocycles. The van der Waals surface area contributed by atoms with Gasteiger partial charge in [0.05, 0.1) is 16.7 Å². The molecule has 0 aromatic heterocycles. The number of aromatic carboxylic acids is 1. The Morgan fingerprint density at radius 2 is 1.05 bits per heavy atom. The summed E-state index contributed by atoms with van der Waals surface area (Å²) >= 11 is 0. The standard InChI is InChI=1S/C20H21NO6.C15H12O5.C5H11NO2/c1-12(2)18(20(25)26)21-19(24)14-8-6-13(7-9-14)11-27-17-5-3-4-16(23)15(17)10-22;16-8-12-13(17)2-1-3-14(12)20-9-10-4-6-11(7-5-10)15(18)19;1-3(2)4(6)5(7)8/h3-10,12,18,23H,11H2,1-2H3,(H,21,24)(H,25,26);1-8,17H,9H2,(H,18,19);3-4H,6H2,1-2H3,(H,7,8)/t18-;;4-/m0.0/s1. The molecular weight excluding hydrogens is 716 g/mol. The number of phenolic OH excluding ortho intramolecular Hbond substituents is 2. The molecule has 55 heavy (non-hydrogen) atoms. The number of phenols is 2. The van der Waals surface area contributed by atoms with E-state index in [0.29, 0.717) is 18.1 Å². The van der Waals surface area contributed by atoms with Gasteiger partial charge in [-0.3, -0.25) is 19.2 Å². The molecule has 0 aliphatic heterocycles. The van der Waals surface area contributed by atoms with Crippen LogP contribution in [0, 0.1) is 11.8 Å². The SMILES string of the molecule is CC(C)[C@H](N)C(=O)O.CC(C)[C@H](NC(=O)c1ccc(COc2cccc(O)c2C=O)cc1)C(=O)O.O=Cc1c(O)cccc1OCc1ccc(C(=O)O)cc1. The third-order valence-corrected chi connectivity index (χ3v) is 7.75. The largest absolute Gasteiger partial charge is 0.507 e. The number of nitrogens with one attached hydrogen (secondary N) is 1. The number of hydrogen-bond acceptors (Lipinski definition) is 11. The number of amides is 1. The first-order valence-electron chi connectivity index (χ1n) is 16.7. The van der Waals surface area contributed by atoms with Crippen LogP contribution in [0.5, 0.6) is 23.0 Å². The van der Waals surface area contributed by atoms with Gasteiger partial charge < -0.3 is 46.1 Å². The van der Waals surface area contributed by atoms with Crippen molar-refractivity contribution in [3.63, 3.8) is 0 Å². The highest BCUT2D eigenvalue weighted by Gasteiger charge is 2.24. The van der Waals surface area contributed by atoms with Gasteiger partial charge in [-0.15, -0.1) is 0 Å². The summed E-state index contributed by atoms with van der Waals surface area (Å²) in [4.78, 5) is 66.0. The molecule has 0 saturated heterocycles. The number of carboxylic acids is 3. The fraction of sp³-hybridized carbons (Fsp3) is 0.250. The number of carbonyl (C=O) groups excluding carboxylic acids is 3. The minimum Gasteiger partial charge on any atom is -0.507 e. The van der Waals surface area contributed by atoms with Crippen molar-refractivity contribution in [2.24, 2.45) is 17.6 Å². The van der Waals surface area contributed by atoms with Gasteiger partial charge in [-0.2, -0.15) is 0 Å². The lowest BCUT2D eigenvalue weighted by molar-refractivity contribution is -0.141. The Labute approximate surface area is 317 Å². The lowest BCUT2D eigenvalue weighted by Gasteiger charge is -2.18. The molecular formula is C40H44N2O13. The summed E-state index contributed by atoms with van der Waals surface area (Å²) < 4.78 is 11.0. The molecule has 0 aliphatic rings. The van der Waals surface area contributed by atoms with Crippen LogP contribution in [0.3, 0.4) is 0 Å². The van der Waals surface area contributed by atoms with E-state index in [1.165, 1.54) is 24.3 Å². The maximum Gasteiger partial charge on any atom is 0.335 e. The van der Waals surface area contributed by atoms with Crippen molar-refractivity contribution >= 4 is 36.4 Å². The summed E-state index contributed by atoms with van der Waals surface area (Å²) in [5.41, 5.74) is 7.35. The highest BCUT2D eigenvalue weighted by atomic mass is 16.5. The molecule has 1 amide bonds. The molecule has 0 spiro atoms. The normalized spacial score (nSPS) is 11.4. The number of aromatic hydroxyl groups is 2. The first-order chi connectivity index (χ1) is 26.0. The smallest absolute Gasteiger partial charge is 0.335 e. The quantitative estimate of drug-likeness (QED) is 0.0773. The maximum atomic E-state index is 12.2. The van der Waals surface area contributed by atoms with Gasteiger partial charge in [-0.1, -0.05) is 64.1 Å². The van der Waals surface area contributed by atoms with Gasteiger partial charge in [-0.25, -0.2) is 9.59 Å². The zero-order chi connectivity index (χ0) is 41.2. The van der Waals surface area contributed by atoms with Gasteiger partial charge in [0, 0.05) is 5.56 Å². The van der Waals surface area contributed by atoms with Gasteiger partial charge in [0.15, 0.2) is 12.6 Å². The second-order valence-electron chi connectivity index (χ2n) is 12.5. The Kier molecular flexibility index (Phi) is 17.5. The van der Waals surface area contributed by atoms with E-state index in [2.05, 4.69) is 5.32 Å². The number of aldehydes is 2. The molecule has 0 aliphatic carbocycles. The van der Waals surface area contributed by atoms with Crippen molar-refractivity contribution < 1.29 is 63.8 Å². The van der Waals surface area contributed by atoms with Gasteiger partial charge in [0.1, 0.15) is 48.3 Å². The molecule has 4 aromatic rings. The van der Waals surface area contributed by atoms with Crippen LogP contribution in [0.4, 0.5) is 0 Å². The lowest BCUT2D eigenvalue weighted by Crippen LogP contribution is -2.44.